The van der Waals surface area contributed by atoms with Crippen LogP contribution in [-0.2, 0) is 20.6 Å². The summed E-state index contributed by atoms with van der Waals surface area (Å²) in [5, 5.41) is 0.304. The molecule has 7 nitrogen and oxygen atoms in total. The number of carbonyl (C=O) groups excluding carboxylic acids is 1. The van der Waals surface area contributed by atoms with Gasteiger partial charge in [0, 0.05) is 27.2 Å². The van der Waals surface area contributed by atoms with Gasteiger partial charge < -0.3 is 4.90 Å². The Kier molecular flexibility index (Phi) is 4.94. The molecule has 0 radical (unpaired) electrons. The highest BCUT2D eigenvalue weighted by atomic mass is 16.2. The van der Waals surface area contributed by atoms with Gasteiger partial charge in [0.05, 0.1) is 5.39 Å². The van der Waals surface area contributed by atoms with Crippen molar-refractivity contribution in [1.82, 2.24) is 19.0 Å². The summed E-state index contributed by atoms with van der Waals surface area (Å²) in [6.45, 7) is 4.90. The number of benzene rings is 1. The second-order valence-corrected chi connectivity index (χ2v) is 6.52. The predicted octanol–water partition coefficient (Wildman–Crippen LogP) is 1.60. The van der Waals surface area contributed by atoms with Gasteiger partial charge in [-0.15, -0.1) is 0 Å². The molecule has 3 rings (SSSR count). The summed E-state index contributed by atoms with van der Waals surface area (Å²) in [5.74, 6) is -0.240. The first-order valence-electron chi connectivity index (χ1n) is 8.75. The number of carbonyl (C=O) groups is 1. The highest BCUT2D eigenvalue weighted by Crippen LogP contribution is 2.14. The summed E-state index contributed by atoms with van der Waals surface area (Å²) in [4.78, 5) is 43.4. The highest BCUT2D eigenvalue weighted by Gasteiger charge is 2.19. The van der Waals surface area contributed by atoms with Crippen LogP contribution in [0.25, 0.3) is 11.0 Å². The van der Waals surface area contributed by atoms with Gasteiger partial charge in [0.15, 0.2) is 0 Å². The lowest BCUT2D eigenvalue weighted by Gasteiger charge is -2.22. The van der Waals surface area contributed by atoms with Crippen LogP contribution in [-0.4, -0.2) is 31.5 Å². The number of nitrogens with zero attached hydrogens (tertiary/aromatic N) is 4. The molecule has 2 aromatic heterocycles. The van der Waals surface area contributed by atoms with E-state index < -0.39 is 11.2 Å². The molecule has 1 amide bonds. The first kappa shape index (κ1) is 18.6. The quantitative estimate of drug-likeness (QED) is 0.703. The minimum atomic E-state index is -0.475. The number of aromatic nitrogens is 3. The average Bonchev–Trinajstić information content (AvgIpc) is 2.69. The van der Waals surface area contributed by atoms with Gasteiger partial charge in [-0.05, 0) is 37.1 Å². The Hall–Kier alpha value is -3.22. The van der Waals surface area contributed by atoms with E-state index in [4.69, 9.17) is 0 Å². The summed E-state index contributed by atoms with van der Waals surface area (Å²) in [7, 11) is 2.96. The van der Waals surface area contributed by atoms with Crippen molar-refractivity contribution in [3.8, 4) is 0 Å². The van der Waals surface area contributed by atoms with Crippen LogP contribution in [0, 0.1) is 6.92 Å². The van der Waals surface area contributed by atoms with E-state index in [1.165, 1.54) is 24.7 Å². The second kappa shape index (κ2) is 7.19. The molecule has 1 aromatic carbocycles. The van der Waals surface area contributed by atoms with Crippen LogP contribution in [0.15, 0.2) is 46.0 Å². The molecule has 27 heavy (non-hydrogen) atoms. The van der Waals surface area contributed by atoms with Crippen molar-refractivity contribution < 1.29 is 4.79 Å². The minimum absolute atomic E-state index is 0.209. The van der Waals surface area contributed by atoms with Crippen molar-refractivity contribution in [2.24, 2.45) is 14.1 Å². The van der Waals surface area contributed by atoms with Gasteiger partial charge in [-0.3, -0.25) is 18.7 Å². The van der Waals surface area contributed by atoms with Gasteiger partial charge >= 0.3 is 5.69 Å². The molecule has 0 fully saturated rings. The van der Waals surface area contributed by atoms with E-state index in [1.54, 1.807) is 11.0 Å². The SMILES string of the molecule is CCN(Cc1ccccc1C)C(=O)c1ccc2c(=O)n(C)c(=O)n(C)c2n1. The molecule has 0 saturated carbocycles. The lowest BCUT2D eigenvalue weighted by atomic mass is 10.1. The lowest BCUT2D eigenvalue weighted by molar-refractivity contribution is 0.0747. The molecule has 0 aliphatic rings. The standard InChI is InChI=1S/C20H22N4O3/c1-5-24(12-14-9-7-6-8-13(14)2)19(26)16-11-10-15-17(21-16)22(3)20(27)23(4)18(15)25/h6-11H,5,12H2,1-4H3. The summed E-state index contributed by atoms with van der Waals surface area (Å²) in [6, 6.07) is 11.0. The molecule has 0 saturated heterocycles. The Bertz CT molecular complexity index is 1140. The van der Waals surface area contributed by atoms with Crippen molar-refractivity contribution in [1.29, 1.82) is 0 Å². The molecule has 140 valence electrons. The zero-order valence-corrected chi connectivity index (χ0v) is 15.9. The third-order valence-electron chi connectivity index (χ3n) is 4.81. The molecule has 0 aliphatic carbocycles. The van der Waals surface area contributed by atoms with Crippen LogP contribution < -0.4 is 11.2 Å². The van der Waals surface area contributed by atoms with Gasteiger partial charge in [0.25, 0.3) is 11.5 Å². The van der Waals surface area contributed by atoms with E-state index in [2.05, 4.69) is 4.98 Å². The molecule has 0 atom stereocenters. The van der Waals surface area contributed by atoms with Gasteiger partial charge in [-0.2, -0.15) is 0 Å². The van der Waals surface area contributed by atoms with Crippen LogP contribution >= 0.6 is 0 Å². The number of hydrogen-bond donors (Lipinski definition) is 0. The van der Waals surface area contributed by atoms with Crippen molar-refractivity contribution in [2.75, 3.05) is 6.54 Å². The predicted molar refractivity (Wildman–Crippen MR) is 104 cm³/mol. The summed E-state index contributed by atoms with van der Waals surface area (Å²) in [6.07, 6.45) is 0. The van der Waals surface area contributed by atoms with Crippen LogP contribution in [0.5, 0.6) is 0 Å². The van der Waals surface area contributed by atoms with Gasteiger partial charge in [-0.1, -0.05) is 24.3 Å². The van der Waals surface area contributed by atoms with Gasteiger partial charge in [-0.25, -0.2) is 9.78 Å². The van der Waals surface area contributed by atoms with E-state index in [1.807, 2.05) is 38.1 Å². The Morgan fingerprint density at radius 1 is 1.07 bits per heavy atom. The fourth-order valence-corrected chi connectivity index (χ4v) is 3.06. The lowest BCUT2D eigenvalue weighted by Crippen LogP contribution is -2.38. The number of pyridine rings is 1. The Balaban J connectivity index is 2.03. The van der Waals surface area contributed by atoms with E-state index in [0.29, 0.717) is 18.5 Å². The molecule has 0 N–H and O–H groups in total. The number of rotatable bonds is 4. The molecular formula is C20H22N4O3. The van der Waals surface area contributed by atoms with E-state index >= 15 is 0 Å². The molecule has 0 aliphatic heterocycles. The molecule has 3 aromatic rings. The first-order chi connectivity index (χ1) is 12.8. The maximum absolute atomic E-state index is 13.0. The molecule has 0 bridgehead atoms. The number of amides is 1. The number of hydrogen-bond acceptors (Lipinski definition) is 4. The van der Waals surface area contributed by atoms with Crippen LogP contribution in [0.3, 0.4) is 0 Å². The van der Waals surface area contributed by atoms with Crippen molar-refractivity contribution >= 4 is 16.9 Å². The Morgan fingerprint density at radius 2 is 1.78 bits per heavy atom. The topological polar surface area (TPSA) is 77.2 Å². The molecule has 0 spiro atoms. The minimum Gasteiger partial charge on any atom is -0.333 e. The van der Waals surface area contributed by atoms with Crippen LogP contribution in [0.2, 0.25) is 0 Å². The number of aryl methyl sites for hydroxylation is 2. The largest absolute Gasteiger partial charge is 0.333 e. The monoisotopic (exact) mass is 366 g/mol. The zero-order valence-electron chi connectivity index (χ0n) is 15.9. The smallest absolute Gasteiger partial charge is 0.332 e. The summed E-state index contributed by atoms with van der Waals surface area (Å²) >= 11 is 0. The molecule has 2 heterocycles. The number of fused-ring (bicyclic) bond motifs is 1. The Labute approximate surface area is 156 Å². The fourth-order valence-electron chi connectivity index (χ4n) is 3.06. The van der Waals surface area contributed by atoms with Crippen molar-refractivity contribution in [3.05, 3.63) is 74.1 Å². The molecule has 7 heteroatoms. The van der Waals surface area contributed by atoms with Crippen molar-refractivity contribution in [3.63, 3.8) is 0 Å². The molecular weight excluding hydrogens is 344 g/mol. The zero-order chi connectivity index (χ0) is 19.7. The summed E-state index contributed by atoms with van der Waals surface area (Å²) < 4.78 is 2.31. The third-order valence-corrected chi connectivity index (χ3v) is 4.81. The highest BCUT2D eigenvalue weighted by molar-refractivity contribution is 5.94. The van der Waals surface area contributed by atoms with E-state index in [0.717, 1.165) is 15.7 Å². The fraction of sp³-hybridized carbons (Fsp3) is 0.300. The van der Waals surface area contributed by atoms with E-state index in [9.17, 15) is 14.4 Å². The maximum atomic E-state index is 13.0. The Morgan fingerprint density at radius 3 is 2.44 bits per heavy atom. The van der Waals surface area contributed by atoms with Gasteiger partial charge in [0.1, 0.15) is 11.3 Å². The third kappa shape index (κ3) is 3.28. The average molecular weight is 366 g/mol. The normalized spacial score (nSPS) is 11.0. The van der Waals surface area contributed by atoms with Crippen molar-refractivity contribution in [2.45, 2.75) is 20.4 Å². The first-order valence-corrected chi connectivity index (χ1v) is 8.75. The maximum Gasteiger partial charge on any atom is 0.332 e. The summed E-state index contributed by atoms with van der Waals surface area (Å²) in [5.41, 5.74) is 1.70. The van der Waals surface area contributed by atoms with Gasteiger partial charge in [0.2, 0.25) is 0 Å². The molecule has 0 unspecified atom stereocenters. The van der Waals surface area contributed by atoms with E-state index in [-0.39, 0.29) is 17.2 Å². The second-order valence-electron chi connectivity index (χ2n) is 6.52. The van der Waals surface area contributed by atoms with Crippen LogP contribution in [0.4, 0.5) is 0 Å². The van der Waals surface area contributed by atoms with Crippen LogP contribution in [0.1, 0.15) is 28.5 Å².